The van der Waals surface area contributed by atoms with Gasteiger partial charge in [-0.25, -0.2) is 13.6 Å². The minimum absolute atomic E-state index is 0.100. The zero-order valence-electron chi connectivity index (χ0n) is 11.5. The van der Waals surface area contributed by atoms with E-state index in [9.17, 15) is 13.6 Å². The van der Waals surface area contributed by atoms with Crippen molar-refractivity contribution in [3.63, 3.8) is 0 Å². The van der Waals surface area contributed by atoms with Crippen molar-refractivity contribution in [2.75, 3.05) is 5.32 Å². The maximum atomic E-state index is 13.5. The summed E-state index contributed by atoms with van der Waals surface area (Å²) in [6.07, 6.45) is 3.93. The molecule has 0 heterocycles. The van der Waals surface area contributed by atoms with Crippen molar-refractivity contribution in [2.24, 2.45) is 5.73 Å². The Morgan fingerprint density at radius 1 is 1.24 bits per heavy atom. The van der Waals surface area contributed by atoms with E-state index < -0.39 is 23.2 Å². The molecule has 1 aromatic carbocycles. The Bertz CT molecular complexity index is 556. The molecule has 0 radical (unpaired) electrons. The van der Waals surface area contributed by atoms with Gasteiger partial charge >= 0.3 is 6.03 Å². The summed E-state index contributed by atoms with van der Waals surface area (Å²) in [7, 11) is 0. The second-order valence-electron chi connectivity index (χ2n) is 5.26. The quantitative estimate of drug-likeness (QED) is 0.510. The third kappa shape index (κ3) is 3.48. The van der Waals surface area contributed by atoms with Crippen LogP contribution >= 0.6 is 0 Å². The van der Waals surface area contributed by atoms with Gasteiger partial charge in [0.05, 0.1) is 11.2 Å². The van der Waals surface area contributed by atoms with Crippen molar-refractivity contribution in [1.29, 1.82) is 5.41 Å². The zero-order chi connectivity index (χ0) is 15.5. The van der Waals surface area contributed by atoms with Crippen molar-refractivity contribution in [2.45, 2.75) is 37.6 Å². The summed E-state index contributed by atoms with van der Waals surface area (Å²) in [4.78, 5) is 12.0. The molecule has 0 unspecified atom stereocenters. The molecule has 0 aromatic heterocycles. The summed E-state index contributed by atoms with van der Waals surface area (Å²) in [5.41, 5.74) is 4.61. The standard InChI is InChI=1S/C14H18F2N4O/c15-9-4-5-11(10(16)8-9)19-13(21)20-14(12(17)18)6-2-1-3-7-14/h4-5,8H,1-3,6-7H2,(H3,17,18)(H2,19,20,21). The lowest BCUT2D eigenvalue weighted by molar-refractivity contribution is 0.235. The Labute approximate surface area is 121 Å². The molecule has 1 fully saturated rings. The number of anilines is 1. The lowest BCUT2D eigenvalue weighted by atomic mass is 9.81. The number of urea groups is 1. The van der Waals surface area contributed by atoms with E-state index in [0.717, 1.165) is 31.4 Å². The summed E-state index contributed by atoms with van der Waals surface area (Å²) in [5.74, 6) is -1.67. The number of benzene rings is 1. The first-order valence-corrected chi connectivity index (χ1v) is 6.82. The van der Waals surface area contributed by atoms with Crippen LogP contribution in [-0.4, -0.2) is 17.4 Å². The third-order valence-electron chi connectivity index (χ3n) is 3.75. The molecule has 7 heteroatoms. The van der Waals surface area contributed by atoms with E-state index in [1.54, 1.807) is 0 Å². The molecule has 0 saturated heterocycles. The highest BCUT2D eigenvalue weighted by atomic mass is 19.1. The van der Waals surface area contributed by atoms with E-state index in [1.165, 1.54) is 0 Å². The van der Waals surface area contributed by atoms with E-state index in [4.69, 9.17) is 11.1 Å². The fourth-order valence-corrected chi connectivity index (χ4v) is 2.58. The van der Waals surface area contributed by atoms with Crippen LogP contribution in [0.3, 0.4) is 0 Å². The van der Waals surface area contributed by atoms with Crippen LogP contribution in [0, 0.1) is 17.0 Å². The first-order chi connectivity index (χ1) is 9.93. The molecule has 2 amide bonds. The molecule has 0 aliphatic heterocycles. The number of amides is 2. The van der Waals surface area contributed by atoms with E-state index in [1.807, 2.05) is 0 Å². The number of nitrogens with two attached hydrogens (primary N) is 1. The van der Waals surface area contributed by atoms with E-state index in [0.29, 0.717) is 18.9 Å². The largest absolute Gasteiger partial charge is 0.386 e. The fraction of sp³-hybridized carbons (Fsp3) is 0.429. The summed E-state index contributed by atoms with van der Waals surface area (Å²) in [6.45, 7) is 0. The van der Waals surface area contributed by atoms with Crippen LogP contribution in [0.1, 0.15) is 32.1 Å². The first kappa shape index (κ1) is 15.2. The van der Waals surface area contributed by atoms with Gasteiger partial charge in [-0.15, -0.1) is 0 Å². The summed E-state index contributed by atoms with van der Waals surface area (Å²) in [5, 5.41) is 12.7. The lowest BCUT2D eigenvalue weighted by Crippen LogP contribution is -2.59. The van der Waals surface area contributed by atoms with Gasteiger partial charge in [-0.3, -0.25) is 5.41 Å². The van der Waals surface area contributed by atoms with Gasteiger partial charge in [0.1, 0.15) is 17.5 Å². The Balaban J connectivity index is 2.07. The van der Waals surface area contributed by atoms with Gasteiger partial charge in [-0.1, -0.05) is 19.3 Å². The van der Waals surface area contributed by atoms with Crippen molar-refractivity contribution in [3.05, 3.63) is 29.8 Å². The maximum absolute atomic E-state index is 13.5. The number of carbonyl (C=O) groups is 1. The van der Waals surface area contributed by atoms with Gasteiger partial charge in [-0.05, 0) is 25.0 Å². The SMILES string of the molecule is N=C(N)C1(NC(=O)Nc2ccc(F)cc2F)CCCCC1. The number of amidine groups is 1. The zero-order valence-corrected chi connectivity index (χ0v) is 11.5. The van der Waals surface area contributed by atoms with Gasteiger partial charge in [-0.2, -0.15) is 0 Å². The number of nitrogens with one attached hydrogen (secondary N) is 3. The molecule has 0 spiro atoms. The van der Waals surface area contributed by atoms with Crippen LogP contribution in [0.2, 0.25) is 0 Å². The van der Waals surface area contributed by atoms with Crippen molar-refractivity contribution < 1.29 is 13.6 Å². The average molecular weight is 296 g/mol. The average Bonchev–Trinajstić information content (AvgIpc) is 2.43. The van der Waals surface area contributed by atoms with E-state index >= 15 is 0 Å². The molecule has 21 heavy (non-hydrogen) atoms. The number of halogens is 2. The number of rotatable bonds is 3. The van der Waals surface area contributed by atoms with Gasteiger partial charge in [0.2, 0.25) is 0 Å². The molecule has 0 bridgehead atoms. The highest BCUT2D eigenvalue weighted by Gasteiger charge is 2.36. The van der Waals surface area contributed by atoms with Crippen LogP contribution in [-0.2, 0) is 0 Å². The molecular weight excluding hydrogens is 278 g/mol. The van der Waals surface area contributed by atoms with Crippen LogP contribution in [0.5, 0.6) is 0 Å². The predicted octanol–water partition coefficient (Wildman–Crippen LogP) is 2.73. The summed E-state index contributed by atoms with van der Waals surface area (Å²) >= 11 is 0. The molecular formula is C14H18F2N4O. The Morgan fingerprint density at radius 3 is 2.48 bits per heavy atom. The Morgan fingerprint density at radius 2 is 1.90 bits per heavy atom. The van der Waals surface area contributed by atoms with Crippen LogP contribution in [0.15, 0.2) is 18.2 Å². The summed E-state index contributed by atoms with van der Waals surface area (Å²) in [6, 6.07) is 2.24. The molecule has 1 aromatic rings. The molecule has 5 nitrogen and oxygen atoms in total. The number of hydrogen-bond donors (Lipinski definition) is 4. The van der Waals surface area contributed by atoms with Crippen molar-refractivity contribution in [3.8, 4) is 0 Å². The van der Waals surface area contributed by atoms with Crippen molar-refractivity contribution >= 4 is 17.6 Å². The molecule has 1 aliphatic carbocycles. The normalized spacial score (nSPS) is 17.0. The lowest BCUT2D eigenvalue weighted by Gasteiger charge is -2.36. The second kappa shape index (κ2) is 6.07. The van der Waals surface area contributed by atoms with Crippen LogP contribution in [0.4, 0.5) is 19.3 Å². The molecule has 0 atom stereocenters. The smallest absolute Gasteiger partial charge is 0.320 e. The number of hydrogen-bond acceptors (Lipinski definition) is 2. The minimum Gasteiger partial charge on any atom is -0.386 e. The van der Waals surface area contributed by atoms with Gasteiger partial charge in [0.15, 0.2) is 0 Å². The molecule has 2 rings (SSSR count). The predicted molar refractivity (Wildman–Crippen MR) is 76.2 cm³/mol. The van der Waals surface area contributed by atoms with Gasteiger partial charge in [0, 0.05) is 6.07 Å². The Kier molecular flexibility index (Phi) is 4.40. The molecule has 1 aliphatic rings. The Hall–Kier alpha value is -2.18. The molecule has 5 N–H and O–H groups in total. The maximum Gasteiger partial charge on any atom is 0.320 e. The van der Waals surface area contributed by atoms with Gasteiger partial charge in [0.25, 0.3) is 0 Å². The highest BCUT2D eigenvalue weighted by molar-refractivity contribution is 5.96. The topological polar surface area (TPSA) is 91.0 Å². The molecule has 114 valence electrons. The fourth-order valence-electron chi connectivity index (χ4n) is 2.58. The third-order valence-corrected chi connectivity index (χ3v) is 3.75. The second-order valence-corrected chi connectivity index (χ2v) is 5.26. The van der Waals surface area contributed by atoms with E-state index in [-0.39, 0.29) is 11.5 Å². The monoisotopic (exact) mass is 296 g/mol. The molecule has 1 saturated carbocycles. The van der Waals surface area contributed by atoms with Crippen molar-refractivity contribution in [1.82, 2.24) is 5.32 Å². The van der Waals surface area contributed by atoms with Crippen LogP contribution < -0.4 is 16.4 Å². The first-order valence-electron chi connectivity index (χ1n) is 6.82. The van der Waals surface area contributed by atoms with Crippen LogP contribution in [0.25, 0.3) is 0 Å². The minimum atomic E-state index is -0.876. The van der Waals surface area contributed by atoms with E-state index in [2.05, 4.69) is 10.6 Å². The van der Waals surface area contributed by atoms with Gasteiger partial charge < -0.3 is 16.4 Å². The highest BCUT2D eigenvalue weighted by Crippen LogP contribution is 2.28. The summed E-state index contributed by atoms with van der Waals surface area (Å²) < 4.78 is 26.3. The number of carbonyl (C=O) groups excluding carboxylic acids is 1.